The molecule has 0 bridgehead atoms. The van der Waals surface area contributed by atoms with E-state index in [1.165, 1.54) is 12.8 Å². The van der Waals surface area contributed by atoms with Crippen LogP contribution in [0.15, 0.2) is 12.3 Å². The summed E-state index contributed by atoms with van der Waals surface area (Å²) in [5, 5.41) is 3.10. The number of carbonyl (C=O) groups excluding carboxylic acids is 1. The van der Waals surface area contributed by atoms with Crippen molar-refractivity contribution in [1.29, 1.82) is 0 Å². The van der Waals surface area contributed by atoms with E-state index in [1.807, 2.05) is 7.05 Å². The third kappa shape index (κ3) is 2.81. The van der Waals surface area contributed by atoms with Crippen LogP contribution < -0.4 is 11.1 Å². The van der Waals surface area contributed by atoms with Gasteiger partial charge in [0.25, 0.3) is 5.91 Å². The molecule has 1 aromatic heterocycles. The maximum absolute atomic E-state index is 12.1. The molecule has 2 atom stereocenters. The van der Waals surface area contributed by atoms with Crippen molar-refractivity contribution in [2.75, 3.05) is 5.73 Å². The maximum Gasteiger partial charge on any atom is 0.268 e. The fraction of sp³-hybridized carbons (Fsp3) is 0.615. The average Bonchev–Trinajstić information content (AvgIpc) is 2.58. The fourth-order valence-electron chi connectivity index (χ4n) is 2.64. The predicted octanol–water partition coefficient (Wildman–Crippen LogP) is 1.92. The van der Waals surface area contributed by atoms with Crippen molar-refractivity contribution in [1.82, 2.24) is 9.88 Å². The van der Waals surface area contributed by atoms with Crippen molar-refractivity contribution in [2.45, 2.75) is 38.6 Å². The number of anilines is 1. The molecule has 1 fully saturated rings. The minimum Gasteiger partial charge on any atom is -0.397 e. The number of aromatic nitrogens is 1. The van der Waals surface area contributed by atoms with Gasteiger partial charge < -0.3 is 15.6 Å². The lowest BCUT2D eigenvalue weighted by Crippen LogP contribution is -2.38. The van der Waals surface area contributed by atoms with Crippen molar-refractivity contribution in [2.24, 2.45) is 13.0 Å². The highest BCUT2D eigenvalue weighted by Gasteiger charge is 2.21. The summed E-state index contributed by atoms with van der Waals surface area (Å²) >= 11 is 0. The molecule has 94 valence electrons. The Balaban J connectivity index is 1.99. The van der Waals surface area contributed by atoms with Gasteiger partial charge in [0.15, 0.2) is 0 Å². The number of amides is 1. The molecular weight excluding hydrogens is 214 g/mol. The molecule has 4 heteroatoms. The molecule has 1 saturated carbocycles. The first kappa shape index (κ1) is 12.0. The summed E-state index contributed by atoms with van der Waals surface area (Å²) in [6.07, 6.45) is 6.44. The largest absolute Gasteiger partial charge is 0.397 e. The minimum absolute atomic E-state index is 0.0108. The zero-order valence-electron chi connectivity index (χ0n) is 10.6. The Kier molecular flexibility index (Phi) is 3.41. The van der Waals surface area contributed by atoms with Crippen molar-refractivity contribution >= 4 is 11.6 Å². The number of hydrogen-bond donors (Lipinski definition) is 2. The Morgan fingerprint density at radius 1 is 1.53 bits per heavy atom. The first-order valence-corrected chi connectivity index (χ1v) is 6.29. The number of nitrogen functional groups attached to an aromatic ring is 1. The summed E-state index contributed by atoms with van der Waals surface area (Å²) in [4.78, 5) is 12.1. The second kappa shape index (κ2) is 4.82. The third-order valence-electron chi connectivity index (χ3n) is 3.53. The SMILES string of the molecule is CC1CCCC(NC(=O)c2cc(N)cn2C)C1. The van der Waals surface area contributed by atoms with Gasteiger partial charge in [-0.3, -0.25) is 4.79 Å². The Labute approximate surface area is 102 Å². The van der Waals surface area contributed by atoms with Crippen LogP contribution in [0.3, 0.4) is 0 Å². The van der Waals surface area contributed by atoms with E-state index in [9.17, 15) is 4.79 Å². The summed E-state index contributed by atoms with van der Waals surface area (Å²) in [5.74, 6) is 0.704. The van der Waals surface area contributed by atoms with E-state index in [4.69, 9.17) is 5.73 Å². The Bertz CT molecular complexity index is 411. The molecule has 2 rings (SSSR count). The molecule has 1 aromatic rings. The van der Waals surface area contributed by atoms with Crippen LogP contribution in [0, 0.1) is 5.92 Å². The smallest absolute Gasteiger partial charge is 0.268 e. The number of hydrogen-bond acceptors (Lipinski definition) is 2. The third-order valence-corrected chi connectivity index (χ3v) is 3.53. The van der Waals surface area contributed by atoms with E-state index in [0.29, 0.717) is 23.3 Å². The highest BCUT2D eigenvalue weighted by molar-refractivity contribution is 5.93. The zero-order chi connectivity index (χ0) is 12.4. The van der Waals surface area contributed by atoms with Gasteiger partial charge in [-0.2, -0.15) is 0 Å². The summed E-state index contributed by atoms with van der Waals surface area (Å²) in [5.41, 5.74) is 6.95. The molecule has 4 nitrogen and oxygen atoms in total. The molecular formula is C13H21N3O. The van der Waals surface area contributed by atoms with Gasteiger partial charge in [0.2, 0.25) is 0 Å². The number of rotatable bonds is 2. The van der Waals surface area contributed by atoms with Crippen LogP contribution in [0.1, 0.15) is 43.1 Å². The zero-order valence-corrected chi connectivity index (χ0v) is 10.6. The molecule has 0 aromatic carbocycles. The number of nitrogens with two attached hydrogens (primary N) is 1. The number of nitrogens with zero attached hydrogens (tertiary/aromatic N) is 1. The lowest BCUT2D eigenvalue weighted by atomic mass is 9.87. The molecule has 3 N–H and O–H groups in total. The number of carbonyl (C=O) groups is 1. The minimum atomic E-state index is -0.0108. The van der Waals surface area contributed by atoms with Crippen LogP contribution in [-0.4, -0.2) is 16.5 Å². The van der Waals surface area contributed by atoms with E-state index >= 15 is 0 Å². The van der Waals surface area contributed by atoms with Crippen molar-refractivity contribution in [3.8, 4) is 0 Å². The Morgan fingerprint density at radius 2 is 2.29 bits per heavy atom. The average molecular weight is 235 g/mol. The van der Waals surface area contributed by atoms with Crippen LogP contribution in [-0.2, 0) is 7.05 Å². The van der Waals surface area contributed by atoms with Crippen LogP contribution in [0.4, 0.5) is 5.69 Å². The molecule has 1 aliphatic carbocycles. The van der Waals surface area contributed by atoms with Crippen molar-refractivity contribution in [3.63, 3.8) is 0 Å². The van der Waals surface area contributed by atoms with Crippen molar-refractivity contribution in [3.05, 3.63) is 18.0 Å². The van der Waals surface area contributed by atoms with Gasteiger partial charge in [0.1, 0.15) is 5.69 Å². The molecule has 1 aliphatic rings. The van der Waals surface area contributed by atoms with E-state index in [-0.39, 0.29) is 5.91 Å². The Hall–Kier alpha value is -1.45. The number of aryl methyl sites for hydroxylation is 1. The van der Waals surface area contributed by atoms with Gasteiger partial charge in [0.05, 0.1) is 5.69 Å². The molecule has 0 radical (unpaired) electrons. The number of nitrogens with one attached hydrogen (secondary N) is 1. The lowest BCUT2D eigenvalue weighted by molar-refractivity contribution is 0.0913. The van der Waals surface area contributed by atoms with E-state index in [1.54, 1.807) is 16.8 Å². The van der Waals surface area contributed by atoms with E-state index < -0.39 is 0 Å². The van der Waals surface area contributed by atoms with Crippen LogP contribution in [0.25, 0.3) is 0 Å². The summed E-state index contributed by atoms with van der Waals surface area (Å²) in [6, 6.07) is 2.05. The van der Waals surface area contributed by atoms with Gasteiger partial charge in [0, 0.05) is 19.3 Å². The quantitative estimate of drug-likeness (QED) is 0.822. The van der Waals surface area contributed by atoms with Crippen molar-refractivity contribution < 1.29 is 4.79 Å². The lowest BCUT2D eigenvalue weighted by Gasteiger charge is -2.27. The second-order valence-corrected chi connectivity index (χ2v) is 5.21. The first-order valence-electron chi connectivity index (χ1n) is 6.29. The standard InChI is InChI=1S/C13H21N3O/c1-9-4-3-5-11(6-9)15-13(17)12-7-10(14)8-16(12)2/h7-9,11H,3-6,14H2,1-2H3,(H,15,17). The Morgan fingerprint density at radius 3 is 2.88 bits per heavy atom. The normalized spacial score (nSPS) is 24.6. The van der Waals surface area contributed by atoms with Crippen LogP contribution >= 0.6 is 0 Å². The van der Waals surface area contributed by atoms with E-state index in [0.717, 1.165) is 12.8 Å². The molecule has 2 unspecified atom stereocenters. The second-order valence-electron chi connectivity index (χ2n) is 5.21. The molecule has 0 spiro atoms. The molecule has 0 saturated heterocycles. The van der Waals surface area contributed by atoms with Gasteiger partial charge in [-0.25, -0.2) is 0 Å². The van der Waals surface area contributed by atoms with E-state index in [2.05, 4.69) is 12.2 Å². The monoisotopic (exact) mass is 235 g/mol. The molecule has 1 amide bonds. The van der Waals surface area contributed by atoms with Gasteiger partial charge in [-0.15, -0.1) is 0 Å². The van der Waals surface area contributed by atoms with Crippen LogP contribution in [0.5, 0.6) is 0 Å². The summed E-state index contributed by atoms with van der Waals surface area (Å²) in [7, 11) is 1.84. The van der Waals surface area contributed by atoms with Gasteiger partial charge >= 0.3 is 0 Å². The molecule has 17 heavy (non-hydrogen) atoms. The predicted molar refractivity (Wildman–Crippen MR) is 68.7 cm³/mol. The topological polar surface area (TPSA) is 60.1 Å². The van der Waals surface area contributed by atoms with Gasteiger partial charge in [-0.05, 0) is 24.8 Å². The summed E-state index contributed by atoms with van der Waals surface area (Å²) < 4.78 is 1.77. The summed E-state index contributed by atoms with van der Waals surface area (Å²) in [6.45, 7) is 2.25. The molecule has 1 heterocycles. The van der Waals surface area contributed by atoms with Gasteiger partial charge in [-0.1, -0.05) is 19.8 Å². The van der Waals surface area contributed by atoms with Crippen LogP contribution in [0.2, 0.25) is 0 Å². The first-order chi connectivity index (χ1) is 8.06. The molecule has 0 aliphatic heterocycles. The fourth-order valence-corrected chi connectivity index (χ4v) is 2.64. The highest BCUT2D eigenvalue weighted by Crippen LogP contribution is 2.23. The highest BCUT2D eigenvalue weighted by atomic mass is 16.2. The maximum atomic E-state index is 12.1.